The summed E-state index contributed by atoms with van der Waals surface area (Å²) in [6.45, 7) is 6.76. The molecule has 2 heterocycles. The average molecular weight is 455 g/mol. The minimum absolute atomic E-state index is 0. The molecule has 24 heavy (non-hydrogen) atoms. The highest BCUT2D eigenvalue weighted by Gasteiger charge is 2.24. The number of guanidine groups is 1. The molecule has 3 N–H and O–H groups in total. The van der Waals surface area contributed by atoms with Gasteiger partial charge in [0.25, 0.3) is 0 Å². The van der Waals surface area contributed by atoms with Gasteiger partial charge >= 0.3 is 6.09 Å². The average Bonchev–Trinajstić information content (AvgIpc) is 2.54. The van der Waals surface area contributed by atoms with Crippen LogP contribution in [0, 0.1) is 0 Å². The van der Waals surface area contributed by atoms with E-state index in [-0.39, 0.29) is 42.2 Å². The number of hydrogen-bond donors (Lipinski definition) is 2. The molecule has 2 aliphatic heterocycles. The zero-order chi connectivity index (χ0) is 16.7. The van der Waals surface area contributed by atoms with Gasteiger partial charge in [-0.2, -0.15) is 0 Å². The number of piperidine rings is 1. The summed E-state index contributed by atoms with van der Waals surface area (Å²) in [5.74, 6) is 0.455. The van der Waals surface area contributed by atoms with Crippen LogP contribution >= 0.6 is 24.0 Å². The van der Waals surface area contributed by atoms with E-state index in [1.165, 1.54) is 0 Å². The maximum Gasteiger partial charge on any atom is 0.409 e. The summed E-state index contributed by atoms with van der Waals surface area (Å²) in [5, 5.41) is 3.24. The van der Waals surface area contributed by atoms with Crippen LogP contribution < -0.4 is 11.1 Å². The Bertz CT molecular complexity index is 416. The number of nitrogens with one attached hydrogen (secondary N) is 1. The maximum absolute atomic E-state index is 11.6. The van der Waals surface area contributed by atoms with Crippen molar-refractivity contribution in [1.29, 1.82) is 0 Å². The third kappa shape index (κ3) is 6.98. The molecule has 0 saturated carbocycles. The fourth-order valence-electron chi connectivity index (χ4n) is 2.85. The van der Waals surface area contributed by atoms with Crippen LogP contribution in [0.5, 0.6) is 0 Å². The van der Waals surface area contributed by atoms with Crippen molar-refractivity contribution in [2.75, 3.05) is 53.0 Å². The molecule has 0 aromatic carbocycles. The lowest BCUT2D eigenvalue weighted by Crippen LogP contribution is -2.49. The first kappa shape index (κ1) is 21.2. The molecule has 140 valence electrons. The fourth-order valence-corrected chi connectivity index (χ4v) is 2.85. The zero-order valence-electron chi connectivity index (χ0n) is 14.6. The first-order chi connectivity index (χ1) is 11.1. The lowest BCUT2D eigenvalue weighted by molar-refractivity contribution is -0.0136. The number of ether oxygens (including phenoxy) is 2. The number of aliphatic imine (C=N–C) groups is 1. The normalized spacial score (nSPS) is 23.5. The molecule has 0 radical (unpaired) electrons. The third-order valence-electron chi connectivity index (χ3n) is 4.18. The van der Waals surface area contributed by atoms with Crippen LogP contribution in [0.3, 0.4) is 0 Å². The van der Waals surface area contributed by atoms with Crippen LogP contribution in [0.4, 0.5) is 4.79 Å². The molecule has 0 aliphatic carbocycles. The molecule has 1 amide bonds. The molecule has 2 rings (SSSR count). The Morgan fingerprint density at radius 1 is 1.38 bits per heavy atom. The SMILES string of the molecule is CCOC(=O)N1CCC(NC(N)=NCC2CN(C)CCO2)CC1.I. The number of amides is 1. The molecule has 1 unspecified atom stereocenters. The number of hydrogen-bond acceptors (Lipinski definition) is 5. The predicted molar refractivity (Wildman–Crippen MR) is 104 cm³/mol. The molecular formula is C15H30IN5O3. The molecule has 9 heteroatoms. The monoisotopic (exact) mass is 455 g/mol. The number of likely N-dealkylation sites (N-methyl/N-ethyl adjacent to an activating group) is 1. The van der Waals surface area contributed by atoms with Crippen molar-refractivity contribution in [1.82, 2.24) is 15.1 Å². The van der Waals surface area contributed by atoms with Gasteiger partial charge in [0.05, 0.1) is 25.9 Å². The summed E-state index contributed by atoms with van der Waals surface area (Å²) in [7, 11) is 2.08. The second-order valence-electron chi connectivity index (χ2n) is 6.09. The van der Waals surface area contributed by atoms with Gasteiger partial charge in [0.2, 0.25) is 0 Å². The molecule has 1 atom stereocenters. The number of nitrogens with two attached hydrogens (primary N) is 1. The van der Waals surface area contributed by atoms with Crippen LogP contribution in [0.2, 0.25) is 0 Å². The largest absolute Gasteiger partial charge is 0.450 e. The van der Waals surface area contributed by atoms with Gasteiger partial charge in [-0.05, 0) is 26.8 Å². The Hall–Kier alpha value is -0.810. The van der Waals surface area contributed by atoms with Gasteiger partial charge in [0.1, 0.15) is 0 Å². The maximum atomic E-state index is 11.6. The lowest BCUT2D eigenvalue weighted by Gasteiger charge is -2.32. The topological polar surface area (TPSA) is 92.4 Å². The molecule has 2 aliphatic rings. The molecular weight excluding hydrogens is 425 g/mol. The van der Waals surface area contributed by atoms with Crippen LogP contribution in [0.25, 0.3) is 0 Å². The van der Waals surface area contributed by atoms with Crippen LogP contribution in [0.15, 0.2) is 4.99 Å². The second kappa shape index (κ2) is 10.9. The molecule has 2 saturated heterocycles. The number of rotatable bonds is 4. The Morgan fingerprint density at radius 2 is 2.08 bits per heavy atom. The van der Waals surface area contributed by atoms with Crippen molar-refractivity contribution in [2.45, 2.75) is 31.9 Å². The summed E-state index contributed by atoms with van der Waals surface area (Å²) >= 11 is 0. The highest BCUT2D eigenvalue weighted by atomic mass is 127. The summed E-state index contributed by atoms with van der Waals surface area (Å²) in [5.41, 5.74) is 5.96. The minimum Gasteiger partial charge on any atom is -0.450 e. The van der Waals surface area contributed by atoms with Crippen LogP contribution in [-0.2, 0) is 9.47 Å². The number of halogens is 1. The number of nitrogens with zero attached hydrogens (tertiary/aromatic N) is 3. The summed E-state index contributed by atoms with van der Waals surface area (Å²) in [6, 6.07) is 0.249. The van der Waals surface area contributed by atoms with E-state index in [0.29, 0.717) is 32.2 Å². The third-order valence-corrected chi connectivity index (χ3v) is 4.18. The molecule has 0 aromatic heterocycles. The van der Waals surface area contributed by atoms with Gasteiger partial charge in [-0.15, -0.1) is 24.0 Å². The highest BCUT2D eigenvalue weighted by molar-refractivity contribution is 14.0. The smallest absolute Gasteiger partial charge is 0.409 e. The quantitative estimate of drug-likeness (QED) is 0.364. The van der Waals surface area contributed by atoms with Crippen molar-refractivity contribution in [3.8, 4) is 0 Å². The first-order valence-electron chi connectivity index (χ1n) is 8.36. The summed E-state index contributed by atoms with van der Waals surface area (Å²) in [4.78, 5) is 20.0. The number of likely N-dealkylation sites (tertiary alicyclic amines) is 1. The first-order valence-corrected chi connectivity index (χ1v) is 8.36. The van der Waals surface area contributed by atoms with Gasteiger partial charge in [0, 0.05) is 32.2 Å². The van der Waals surface area contributed by atoms with E-state index in [9.17, 15) is 4.79 Å². The lowest BCUT2D eigenvalue weighted by atomic mass is 10.1. The number of carbonyl (C=O) groups excluding carboxylic acids is 1. The van der Waals surface area contributed by atoms with Crippen molar-refractivity contribution in [3.05, 3.63) is 0 Å². The molecule has 8 nitrogen and oxygen atoms in total. The minimum atomic E-state index is -0.230. The van der Waals surface area contributed by atoms with E-state index < -0.39 is 0 Å². The molecule has 0 spiro atoms. The van der Waals surface area contributed by atoms with Gasteiger partial charge in [-0.1, -0.05) is 0 Å². The standard InChI is InChI=1S/C15H29N5O3.HI/c1-3-22-15(21)20-6-4-12(5-7-20)18-14(16)17-10-13-11-19(2)8-9-23-13;/h12-13H,3-11H2,1-2H3,(H3,16,17,18);1H. The zero-order valence-corrected chi connectivity index (χ0v) is 16.9. The van der Waals surface area contributed by atoms with Gasteiger partial charge in [-0.3, -0.25) is 4.99 Å². The number of carbonyl (C=O) groups is 1. The Kier molecular flexibility index (Phi) is 9.67. The predicted octanol–water partition coefficient (Wildman–Crippen LogP) is 0.460. The van der Waals surface area contributed by atoms with Crippen LogP contribution in [0.1, 0.15) is 19.8 Å². The van der Waals surface area contributed by atoms with Crippen LogP contribution in [-0.4, -0.2) is 87.0 Å². The molecule has 0 aromatic rings. The van der Waals surface area contributed by atoms with Gasteiger partial charge in [-0.25, -0.2) is 4.79 Å². The Labute approximate surface area is 161 Å². The van der Waals surface area contributed by atoms with Crippen molar-refractivity contribution >= 4 is 36.0 Å². The summed E-state index contributed by atoms with van der Waals surface area (Å²) in [6.07, 6.45) is 1.57. The van der Waals surface area contributed by atoms with E-state index in [2.05, 4.69) is 22.3 Å². The van der Waals surface area contributed by atoms with E-state index in [1.807, 2.05) is 6.92 Å². The van der Waals surface area contributed by atoms with E-state index in [1.54, 1.807) is 4.90 Å². The Morgan fingerprint density at radius 3 is 2.71 bits per heavy atom. The molecule has 0 bridgehead atoms. The van der Waals surface area contributed by atoms with Gasteiger partial charge < -0.3 is 30.3 Å². The second-order valence-corrected chi connectivity index (χ2v) is 6.09. The molecule has 2 fully saturated rings. The van der Waals surface area contributed by atoms with E-state index in [0.717, 1.165) is 32.5 Å². The van der Waals surface area contributed by atoms with Gasteiger partial charge in [0.15, 0.2) is 5.96 Å². The fraction of sp³-hybridized carbons (Fsp3) is 0.867. The highest BCUT2D eigenvalue weighted by Crippen LogP contribution is 2.11. The number of morpholine rings is 1. The van der Waals surface area contributed by atoms with Crippen molar-refractivity contribution in [2.24, 2.45) is 10.7 Å². The van der Waals surface area contributed by atoms with Crippen molar-refractivity contribution < 1.29 is 14.3 Å². The van der Waals surface area contributed by atoms with E-state index >= 15 is 0 Å². The van der Waals surface area contributed by atoms with Crippen molar-refractivity contribution in [3.63, 3.8) is 0 Å². The summed E-state index contributed by atoms with van der Waals surface area (Å²) < 4.78 is 10.7. The Balaban J connectivity index is 0.00000288. The van der Waals surface area contributed by atoms with E-state index in [4.69, 9.17) is 15.2 Å².